The molecule has 0 aliphatic carbocycles. The lowest BCUT2D eigenvalue weighted by molar-refractivity contribution is -0.139. The van der Waals surface area contributed by atoms with Crippen LogP contribution in [0.5, 0.6) is 23.0 Å². The molecule has 0 radical (unpaired) electrons. The van der Waals surface area contributed by atoms with Crippen molar-refractivity contribution in [1.82, 2.24) is 4.57 Å². The van der Waals surface area contributed by atoms with Gasteiger partial charge in [0.15, 0.2) is 16.3 Å². The van der Waals surface area contributed by atoms with Gasteiger partial charge in [-0.05, 0) is 80.8 Å². The third-order valence-corrected chi connectivity index (χ3v) is 8.52. The number of rotatable bonds is 11. The lowest BCUT2D eigenvalue weighted by Crippen LogP contribution is -2.40. The van der Waals surface area contributed by atoms with Crippen LogP contribution in [0.15, 0.2) is 81.7 Å². The third-order valence-electron chi connectivity index (χ3n) is 7.53. The van der Waals surface area contributed by atoms with Crippen LogP contribution in [0, 0.1) is 13.8 Å². The number of ether oxygens (including phenoxy) is 5. The second kappa shape index (κ2) is 13.9. The standard InChI is InChI=1S/C35H36N2O7S/c1-7-42-34(39)31-23(4)36-35-37(32(31)25-13-15-28(40-5)29(19-25)41-6)33(38)30(45-35)20-24-10-8-9-11-27(24)44-17-16-43-26-14-12-21(2)22(3)18-26/h8-15,18-20,32H,7,16-17H2,1-6H3/b30-20-/t32-/m0/s1. The van der Waals surface area contributed by atoms with E-state index in [-0.39, 0.29) is 17.7 Å². The minimum Gasteiger partial charge on any atom is -0.493 e. The van der Waals surface area contributed by atoms with Gasteiger partial charge in [-0.25, -0.2) is 9.79 Å². The fourth-order valence-corrected chi connectivity index (χ4v) is 6.15. The Morgan fingerprint density at radius 1 is 0.911 bits per heavy atom. The zero-order chi connectivity index (χ0) is 32.1. The van der Waals surface area contributed by atoms with Crippen LogP contribution < -0.4 is 33.8 Å². The van der Waals surface area contributed by atoms with Gasteiger partial charge >= 0.3 is 5.97 Å². The molecular formula is C35H36N2O7S. The molecule has 5 rings (SSSR count). The molecule has 45 heavy (non-hydrogen) atoms. The van der Waals surface area contributed by atoms with Gasteiger partial charge in [0, 0.05) is 5.56 Å². The molecule has 1 atom stereocenters. The van der Waals surface area contributed by atoms with Gasteiger partial charge in [0.05, 0.1) is 42.7 Å². The maximum Gasteiger partial charge on any atom is 0.338 e. The second-order valence-corrected chi connectivity index (χ2v) is 11.4. The Morgan fingerprint density at radius 2 is 1.67 bits per heavy atom. The Morgan fingerprint density at radius 3 is 2.40 bits per heavy atom. The number of hydrogen-bond acceptors (Lipinski definition) is 9. The van der Waals surface area contributed by atoms with Crippen LogP contribution >= 0.6 is 11.3 Å². The molecule has 234 valence electrons. The minimum absolute atomic E-state index is 0.186. The predicted molar refractivity (Wildman–Crippen MR) is 173 cm³/mol. The first-order valence-electron chi connectivity index (χ1n) is 14.6. The number of hydrogen-bond donors (Lipinski definition) is 0. The summed E-state index contributed by atoms with van der Waals surface area (Å²) in [4.78, 5) is 32.5. The Labute approximate surface area is 265 Å². The number of para-hydroxylation sites is 1. The molecule has 1 aliphatic heterocycles. The van der Waals surface area contributed by atoms with E-state index in [2.05, 4.69) is 11.9 Å². The van der Waals surface area contributed by atoms with E-state index in [0.717, 1.165) is 16.9 Å². The summed E-state index contributed by atoms with van der Waals surface area (Å²) in [5, 5.41) is 0. The summed E-state index contributed by atoms with van der Waals surface area (Å²) in [6.07, 6.45) is 1.79. The van der Waals surface area contributed by atoms with E-state index >= 15 is 0 Å². The number of carbonyl (C=O) groups is 1. The molecule has 0 N–H and O–H groups in total. The van der Waals surface area contributed by atoms with Crippen molar-refractivity contribution in [1.29, 1.82) is 0 Å². The topological polar surface area (TPSA) is 97.6 Å². The van der Waals surface area contributed by atoms with Crippen molar-refractivity contribution in [2.45, 2.75) is 33.7 Å². The van der Waals surface area contributed by atoms with Gasteiger partial charge in [0.25, 0.3) is 5.56 Å². The van der Waals surface area contributed by atoms with Crippen LogP contribution in [0.2, 0.25) is 0 Å². The third kappa shape index (κ3) is 6.66. The van der Waals surface area contributed by atoms with Crippen LogP contribution in [0.25, 0.3) is 6.08 Å². The van der Waals surface area contributed by atoms with E-state index in [1.54, 1.807) is 39.2 Å². The molecule has 0 saturated heterocycles. The number of esters is 1. The van der Waals surface area contributed by atoms with Crippen molar-refractivity contribution in [3.05, 3.63) is 114 Å². The van der Waals surface area contributed by atoms with Gasteiger partial charge in [0.1, 0.15) is 24.7 Å². The molecule has 10 heteroatoms. The summed E-state index contributed by atoms with van der Waals surface area (Å²) in [6.45, 7) is 8.47. The molecule has 0 bridgehead atoms. The number of carbonyl (C=O) groups excluding carboxylic acids is 1. The van der Waals surface area contributed by atoms with Crippen LogP contribution in [-0.2, 0) is 9.53 Å². The lowest BCUT2D eigenvalue weighted by atomic mass is 9.95. The van der Waals surface area contributed by atoms with E-state index in [4.69, 9.17) is 23.7 Å². The summed E-state index contributed by atoms with van der Waals surface area (Å²) in [5.74, 6) is 1.88. The molecule has 0 fully saturated rings. The summed E-state index contributed by atoms with van der Waals surface area (Å²) in [7, 11) is 3.09. The van der Waals surface area contributed by atoms with E-state index in [9.17, 15) is 9.59 Å². The number of thiazole rings is 1. The van der Waals surface area contributed by atoms with Gasteiger partial charge in [-0.3, -0.25) is 9.36 Å². The smallest absolute Gasteiger partial charge is 0.338 e. The predicted octanol–water partition coefficient (Wildman–Crippen LogP) is 4.89. The van der Waals surface area contributed by atoms with Crippen molar-refractivity contribution in [2.24, 2.45) is 4.99 Å². The van der Waals surface area contributed by atoms with Crippen LogP contribution in [0.1, 0.15) is 42.1 Å². The molecule has 0 unspecified atom stereocenters. The van der Waals surface area contributed by atoms with Crippen LogP contribution in [0.4, 0.5) is 0 Å². The Kier molecular flexibility index (Phi) is 9.73. The highest BCUT2D eigenvalue weighted by molar-refractivity contribution is 7.07. The second-order valence-electron chi connectivity index (χ2n) is 10.4. The van der Waals surface area contributed by atoms with Gasteiger partial charge < -0.3 is 23.7 Å². The van der Waals surface area contributed by atoms with Crippen molar-refractivity contribution in [2.75, 3.05) is 34.0 Å². The van der Waals surface area contributed by atoms with Crippen molar-refractivity contribution >= 4 is 23.4 Å². The molecule has 1 aromatic heterocycles. The van der Waals surface area contributed by atoms with E-state index < -0.39 is 12.0 Å². The molecule has 0 amide bonds. The number of aryl methyl sites for hydroxylation is 2. The number of benzene rings is 3. The van der Waals surface area contributed by atoms with Gasteiger partial charge in [-0.2, -0.15) is 0 Å². The van der Waals surface area contributed by atoms with Crippen LogP contribution in [-0.4, -0.2) is 44.6 Å². The molecule has 2 heterocycles. The Balaban J connectivity index is 1.50. The maximum atomic E-state index is 14.1. The summed E-state index contributed by atoms with van der Waals surface area (Å²) in [5.41, 5.74) is 4.24. The lowest BCUT2D eigenvalue weighted by Gasteiger charge is -2.25. The van der Waals surface area contributed by atoms with Crippen molar-refractivity contribution in [3.8, 4) is 23.0 Å². The largest absolute Gasteiger partial charge is 0.493 e. The quantitative estimate of drug-likeness (QED) is 0.172. The first kappa shape index (κ1) is 31.6. The highest BCUT2D eigenvalue weighted by atomic mass is 32.1. The number of methoxy groups -OCH3 is 2. The van der Waals surface area contributed by atoms with Crippen molar-refractivity contribution < 1.29 is 28.5 Å². The van der Waals surface area contributed by atoms with Gasteiger partial charge in [-0.15, -0.1) is 0 Å². The molecule has 3 aromatic carbocycles. The zero-order valence-corrected chi connectivity index (χ0v) is 27.0. The summed E-state index contributed by atoms with van der Waals surface area (Å²) in [6, 6.07) is 18.0. The molecule has 9 nitrogen and oxygen atoms in total. The van der Waals surface area contributed by atoms with Crippen LogP contribution in [0.3, 0.4) is 0 Å². The Bertz CT molecular complexity index is 1940. The number of nitrogens with zero attached hydrogens (tertiary/aromatic N) is 2. The van der Waals surface area contributed by atoms with Gasteiger partial charge in [0.2, 0.25) is 0 Å². The SMILES string of the molecule is CCOC(=O)C1=C(C)N=c2s/c(=C\c3ccccc3OCCOc3ccc(C)c(C)c3)c(=O)n2[C@H]1c1ccc(OC)c(OC)c1. The Hall–Kier alpha value is -4.83. The first-order chi connectivity index (χ1) is 21.7. The average molecular weight is 629 g/mol. The molecule has 0 spiro atoms. The van der Waals surface area contributed by atoms with E-state index in [0.29, 0.717) is 51.1 Å². The van der Waals surface area contributed by atoms with Crippen molar-refractivity contribution in [3.63, 3.8) is 0 Å². The molecule has 1 aliphatic rings. The fraction of sp³-hybridized carbons (Fsp3) is 0.286. The average Bonchev–Trinajstić information content (AvgIpc) is 3.34. The maximum absolute atomic E-state index is 14.1. The molecular weight excluding hydrogens is 592 g/mol. The zero-order valence-electron chi connectivity index (χ0n) is 26.2. The van der Waals surface area contributed by atoms with E-state index in [1.165, 1.54) is 28.6 Å². The number of fused-ring (bicyclic) bond motifs is 1. The molecule has 4 aromatic rings. The molecule has 0 saturated carbocycles. The highest BCUT2D eigenvalue weighted by Crippen LogP contribution is 2.36. The number of allylic oxidation sites excluding steroid dienone is 1. The van der Waals surface area contributed by atoms with E-state index in [1.807, 2.05) is 55.5 Å². The monoisotopic (exact) mass is 628 g/mol. The fourth-order valence-electron chi connectivity index (χ4n) is 5.12. The number of aromatic nitrogens is 1. The highest BCUT2D eigenvalue weighted by Gasteiger charge is 2.34. The first-order valence-corrected chi connectivity index (χ1v) is 15.4. The summed E-state index contributed by atoms with van der Waals surface area (Å²) >= 11 is 1.25. The minimum atomic E-state index is -0.781. The van der Waals surface area contributed by atoms with Gasteiger partial charge in [-0.1, -0.05) is 41.7 Å². The summed E-state index contributed by atoms with van der Waals surface area (Å²) < 4.78 is 30.3. The normalized spacial score (nSPS) is 14.4.